The molecule has 0 heterocycles. The molecule has 0 radical (unpaired) electrons. The van der Waals surface area contributed by atoms with E-state index in [1.807, 2.05) is 32.2 Å². The van der Waals surface area contributed by atoms with Crippen LogP contribution in [0.2, 0.25) is 0 Å². The number of nitrogens with zero attached hydrogens (tertiary/aromatic N) is 1. The number of para-hydroxylation sites is 1. The molecule has 0 saturated heterocycles. The van der Waals surface area contributed by atoms with Crippen molar-refractivity contribution in [2.75, 3.05) is 11.9 Å². The van der Waals surface area contributed by atoms with Crippen molar-refractivity contribution in [3.05, 3.63) is 59.7 Å². The third kappa shape index (κ3) is 3.02. The Hall–Kier alpha value is -1.80. The van der Waals surface area contributed by atoms with Crippen LogP contribution in [-0.2, 0) is 6.42 Å². The predicted molar refractivity (Wildman–Crippen MR) is 85.6 cm³/mol. The summed E-state index contributed by atoms with van der Waals surface area (Å²) in [6, 6.07) is 16.6. The number of anilines is 2. The Bertz CT molecular complexity index is 548. The Balaban J connectivity index is 2.34. The van der Waals surface area contributed by atoms with E-state index in [4.69, 9.17) is 0 Å². The first-order chi connectivity index (χ1) is 9.67. The van der Waals surface area contributed by atoms with E-state index in [1.54, 1.807) is 0 Å². The molecule has 0 aliphatic carbocycles. The summed E-state index contributed by atoms with van der Waals surface area (Å²) in [5.41, 5.74) is 4.52. The lowest BCUT2D eigenvalue weighted by Crippen LogP contribution is -2.13. The summed E-state index contributed by atoms with van der Waals surface area (Å²) in [4.78, 5) is 2.13. The van der Waals surface area contributed by atoms with Gasteiger partial charge in [0.15, 0.2) is 0 Å². The van der Waals surface area contributed by atoms with Crippen LogP contribution in [0.15, 0.2) is 48.5 Å². The zero-order valence-corrected chi connectivity index (χ0v) is 12.5. The molecule has 0 spiro atoms. The van der Waals surface area contributed by atoms with E-state index in [9.17, 15) is 5.11 Å². The maximum absolute atomic E-state index is 10.2. The van der Waals surface area contributed by atoms with Gasteiger partial charge in [-0.3, -0.25) is 0 Å². The molecule has 2 heteroatoms. The molecule has 0 amide bonds. The number of rotatable bonds is 5. The molecule has 0 aromatic heterocycles. The van der Waals surface area contributed by atoms with Gasteiger partial charge in [-0.15, -0.1) is 0 Å². The highest BCUT2D eigenvalue weighted by molar-refractivity contribution is 5.66. The van der Waals surface area contributed by atoms with Crippen molar-refractivity contribution in [1.29, 1.82) is 0 Å². The van der Waals surface area contributed by atoms with Crippen molar-refractivity contribution in [2.24, 2.45) is 0 Å². The maximum Gasteiger partial charge on any atom is 0.0807 e. The second kappa shape index (κ2) is 6.58. The van der Waals surface area contributed by atoms with Crippen molar-refractivity contribution in [3.63, 3.8) is 0 Å². The molecule has 2 rings (SSSR count). The van der Waals surface area contributed by atoms with Gasteiger partial charge in [0, 0.05) is 24.0 Å². The predicted octanol–water partition coefficient (Wildman–Crippen LogP) is 4.46. The average Bonchev–Trinajstić information content (AvgIpc) is 2.53. The van der Waals surface area contributed by atoms with Crippen molar-refractivity contribution < 1.29 is 5.11 Å². The maximum atomic E-state index is 10.2. The van der Waals surface area contributed by atoms with Crippen LogP contribution in [0.4, 0.5) is 11.4 Å². The molecule has 0 bridgehead atoms. The van der Waals surface area contributed by atoms with Gasteiger partial charge < -0.3 is 10.0 Å². The fourth-order valence-corrected chi connectivity index (χ4v) is 2.39. The van der Waals surface area contributed by atoms with Gasteiger partial charge in [-0.2, -0.15) is 0 Å². The summed E-state index contributed by atoms with van der Waals surface area (Å²) in [7, 11) is 2.04. The monoisotopic (exact) mass is 269 g/mol. The summed E-state index contributed by atoms with van der Waals surface area (Å²) in [6.45, 7) is 4.16. The zero-order valence-electron chi connectivity index (χ0n) is 12.5. The molecule has 0 aliphatic rings. The average molecular weight is 269 g/mol. The van der Waals surface area contributed by atoms with Gasteiger partial charge in [-0.1, -0.05) is 44.2 Å². The lowest BCUT2D eigenvalue weighted by molar-refractivity contribution is 0.174. The molecule has 2 aromatic carbocycles. The van der Waals surface area contributed by atoms with E-state index in [0.717, 1.165) is 29.8 Å². The van der Waals surface area contributed by atoms with Gasteiger partial charge in [-0.25, -0.2) is 0 Å². The number of hydrogen-bond acceptors (Lipinski definition) is 2. The molecule has 20 heavy (non-hydrogen) atoms. The van der Waals surface area contributed by atoms with Gasteiger partial charge in [0.25, 0.3) is 0 Å². The number of benzene rings is 2. The van der Waals surface area contributed by atoms with Crippen LogP contribution in [-0.4, -0.2) is 12.2 Å². The second-order valence-electron chi connectivity index (χ2n) is 5.06. The summed E-state index contributed by atoms with van der Waals surface area (Å²) < 4.78 is 0. The van der Waals surface area contributed by atoms with E-state index in [2.05, 4.69) is 42.2 Å². The minimum Gasteiger partial charge on any atom is -0.388 e. The van der Waals surface area contributed by atoms with Gasteiger partial charge in [0.1, 0.15) is 0 Å². The van der Waals surface area contributed by atoms with Crippen molar-refractivity contribution >= 4 is 11.4 Å². The number of hydrogen-bond donors (Lipinski definition) is 1. The molecule has 0 aliphatic heterocycles. The lowest BCUT2D eigenvalue weighted by atomic mass is 10.0. The summed E-state index contributed by atoms with van der Waals surface area (Å²) >= 11 is 0. The van der Waals surface area contributed by atoms with Gasteiger partial charge in [0.2, 0.25) is 0 Å². The first-order valence-electron chi connectivity index (χ1n) is 7.27. The zero-order chi connectivity index (χ0) is 14.5. The SMILES string of the molecule is CCc1ccc(N(C)c2ccccc2C(O)CC)cc1. The van der Waals surface area contributed by atoms with Crippen LogP contribution in [0.5, 0.6) is 0 Å². The van der Waals surface area contributed by atoms with Crippen molar-refractivity contribution in [2.45, 2.75) is 32.8 Å². The lowest BCUT2D eigenvalue weighted by Gasteiger charge is -2.24. The van der Waals surface area contributed by atoms with E-state index in [1.165, 1.54) is 5.56 Å². The normalized spacial score (nSPS) is 12.2. The van der Waals surface area contributed by atoms with Crippen LogP contribution < -0.4 is 4.90 Å². The van der Waals surface area contributed by atoms with Gasteiger partial charge in [0.05, 0.1) is 6.10 Å². The first kappa shape index (κ1) is 14.6. The standard InChI is InChI=1S/C18H23NO/c1-4-14-10-12-15(13-11-14)19(3)17-9-7-6-8-16(17)18(20)5-2/h6-13,18,20H,4-5H2,1-3H3. The highest BCUT2D eigenvalue weighted by Gasteiger charge is 2.14. The van der Waals surface area contributed by atoms with E-state index in [-0.39, 0.29) is 0 Å². The molecule has 1 atom stereocenters. The van der Waals surface area contributed by atoms with Gasteiger partial charge in [-0.05, 0) is 36.6 Å². The summed E-state index contributed by atoms with van der Waals surface area (Å²) in [5.74, 6) is 0. The highest BCUT2D eigenvalue weighted by atomic mass is 16.3. The Labute approximate surface area is 121 Å². The van der Waals surface area contributed by atoms with Gasteiger partial charge >= 0.3 is 0 Å². The smallest absolute Gasteiger partial charge is 0.0807 e. The summed E-state index contributed by atoms with van der Waals surface area (Å²) in [5, 5.41) is 10.2. The molecule has 0 saturated carbocycles. The molecule has 0 fully saturated rings. The third-order valence-electron chi connectivity index (χ3n) is 3.78. The molecular weight excluding hydrogens is 246 g/mol. The van der Waals surface area contributed by atoms with Crippen LogP contribution in [0.3, 0.4) is 0 Å². The van der Waals surface area contributed by atoms with Crippen molar-refractivity contribution in [1.82, 2.24) is 0 Å². The number of aliphatic hydroxyl groups is 1. The molecule has 1 N–H and O–H groups in total. The Kier molecular flexibility index (Phi) is 4.80. The number of aliphatic hydroxyl groups excluding tert-OH is 1. The largest absolute Gasteiger partial charge is 0.388 e. The molecule has 106 valence electrons. The van der Waals surface area contributed by atoms with Crippen LogP contribution in [0.25, 0.3) is 0 Å². The molecular formula is C18H23NO. The first-order valence-corrected chi connectivity index (χ1v) is 7.27. The van der Waals surface area contributed by atoms with Crippen molar-refractivity contribution in [3.8, 4) is 0 Å². The highest BCUT2D eigenvalue weighted by Crippen LogP contribution is 2.31. The molecule has 2 aromatic rings. The minimum atomic E-state index is -0.413. The fraction of sp³-hybridized carbons (Fsp3) is 0.333. The second-order valence-corrected chi connectivity index (χ2v) is 5.06. The van der Waals surface area contributed by atoms with E-state index < -0.39 is 6.10 Å². The molecule has 1 unspecified atom stereocenters. The Morgan fingerprint density at radius 1 is 1.00 bits per heavy atom. The topological polar surface area (TPSA) is 23.5 Å². The fourth-order valence-electron chi connectivity index (χ4n) is 2.39. The Morgan fingerprint density at radius 2 is 1.65 bits per heavy atom. The summed E-state index contributed by atoms with van der Waals surface area (Å²) in [6.07, 6.45) is 1.36. The van der Waals surface area contributed by atoms with Crippen LogP contribution in [0.1, 0.15) is 37.5 Å². The quantitative estimate of drug-likeness (QED) is 0.866. The van der Waals surface area contributed by atoms with E-state index >= 15 is 0 Å². The van der Waals surface area contributed by atoms with Crippen LogP contribution in [0, 0.1) is 0 Å². The van der Waals surface area contributed by atoms with E-state index in [0.29, 0.717) is 0 Å². The van der Waals surface area contributed by atoms with Crippen LogP contribution >= 0.6 is 0 Å². The Morgan fingerprint density at radius 3 is 2.25 bits per heavy atom. The number of aryl methyl sites for hydroxylation is 1. The third-order valence-corrected chi connectivity index (χ3v) is 3.78. The minimum absolute atomic E-state index is 0.413. The molecule has 2 nitrogen and oxygen atoms in total.